The summed E-state index contributed by atoms with van der Waals surface area (Å²) in [5.41, 5.74) is 2.34. The lowest BCUT2D eigenvalue weighted by molar-refractivity contribution is 1.25. The quantitative estimate of drug-likeness (QED) is 0.560. The standard InChI is InChI=1S/C10H9Cl/c1-3-4-9-5-6-10(11)7-8(9)2/h1,5-7H,4H2,2H3. The molecule has 0 aliphatic carbocycles. The third-order valence-corrected chi connectivity index (χ3v) is 1.83. The number of rotatable bonds is 1. The highest BCUT2D eigenvalue weighted by Crippen LogP contribution is 2.14. The SMILES string of the molecule is C#CCc1ccc(Cl)cc1C. The van der Waals surface area contributed by atoms with E-state index in [2.05, 4.69) is 5.92 Å². The highest BCUT2D eigenvalue weighted by molar-refractivity contribution is 6.30. The van der Waals surface area contributed by atoms with Crippen molar-refractivity contribution in [1.82, 2.24) is 0 Å². The van der Waals surface area contributed by atoms with Crippen molar-refractivity contribution < 1.29 is 0 Å². The summed E-state index contributed by atoms with van der Waals surface area (Å²) in [5, 5.41) is 0.767. The second-order valence-corrected chi connectivity index (χ2v) is 2.89. The van der Waals surface area contributed by atoms with E-state index in [1.807, 2.05) is 25.1 Å². The van der Waals surface area contributed by atoms with Crippen molar-refractivity contribution in [3.8, 4) is 12.3 Å². The fourth-order valence-corrected chi connectivity index (χ4v) is 1.19. The van der Waals surface area contributed by atoms with E-state index in [9.17, 15) is 0 Å². The summed E-state index contributed by atoms with van der Waals surface area (Å²) in [7, 11) is 0. The van der Waals surface area contributed by atoms with E-state index < -0.39 is 0 Å². The molecule has 11 heavy (non-hydrogen) atoms. The van der Waals surface area contributed by atoms with Crippen LogP contribution in [-0.2, 0) is 6.42 Å². The molecule has 0 spiro atoms. The molecule has 0 radical (unpaired) electrons. The van der Waals surface area contributed by atoms with Gasteiger partial charge in [0.2, 0.25) is 0 Å². The average molecular weight is 165 g/mol. The molecule has 0 aliphatic rings. The first-order valence-electron chi connectivity index (χ1n) is 3.42. The summed E-state index contributed by atoms with van der Waals surface area (Å²) in [6.07, 6.45) is 5.87. The molecule has 0 fully saturated rings. The average Bonchev–Trinajstić information content (AvgIpc) is 1.95. The largest absolute Gasteiger partial charge is 0.120 e. The molecule has 0 unspecified atom stereocenters. The molecule has 0 aliphatic heterocycles. The smallest absolute Gasteiger partial charge is 0.0408 e. The van der Waals surface area contributed by atoms with Crippen molar-refractivity contribution in [2.45, 2.75) is 13.3 Å². The van der Waals surface area contributed by atoms with E-state index in [1.54, 1.807) is 0 Å². The Morgan fingerprint density at radius 1 is 1.55 bits per heavy atom. The van der Waals surface area contributed by atoms with Crippen molar-refractivity contribution in [1.29, 1.82) is 0 Å². The molecule has 0 N–H and O–H groups in total. The topological polar surface area (TPSA) is 0 Å². The van der Waals surface area contributed by atoms with Crippen molar-refractivity contribution in [2.24, 2.45) is 0 Å². The zero-order chi connectivity index (χ0) is 8.27. The summed E-state index contributed by atoms with van der Waals surface area (Å²) >= 11 is 5.77. The lowest BCUT2D eigenvalue weighted by atomic mass is 10.1. The van der Waals surface area contributed by atoms with Crippen LogP contribution in [0.25, 0.3) is 0 Å². The minimum atomic E-state index is 0.684. The van der Waals surface area contributed by atoms with Gasteiger partial charge in [0.15, 0.2) is 0 Å². The monoisotopic (exact) mass is 164 g/mol. The first-order chi connectivity index (χ1) is 5.24. The van der Waals surface area contributed by atoms with Crippen LogP contribution >= 0.6 is 11.6 Å². The van der Waals surface area contributed by atoms with Crippen LogP contribution in [0.4, 0.5) is 0 Å². The van der Waals surface area contributed by atoms with Crippen LogP contribution in [-0.4, -0.2) is 0 Å². The number of aryl methyl sites for hydroxylation is 1. The first-order valence-corrected chi connectivity index (χ1v) is 3.80. The second-order valence-electron chi connectivity index (χ2n) is 2.45. The molecular formula is C10H9Cl. The molecule has 0 nitrogen and oxygen atoms in total. The fourth-order valence-electron chi connectivity index (χ4n) is 0.968. The van der Waals surface area contributed by atoms with Gasteiger partial charge in [-0.3, -0.25) is 0 Å². The molecule has 0 saturated carbocycles. The third-order valence-electron chi connectivity index (χ3n) is 1.60. The molecule has 56 valence electrons. The van der Waals surface area contributed by atoms with Crippen LogP contribution in [0.3, 0.4) is 0 Å². The van der Waals surface area contributed by atoms with Crippen molar-refractivity contribution in [2.75, 3.05) is 0 Å². The van der Waals surface area contributed by atoms with E-state index >= 15 is 0 Å². The molecule has 0 heterocycles. The third kappa shape index (κ3) is 2.00. The van der Waals surface area contributed by atoms with Crippen molar-refractivity contribution in [3.63, 3.8) is 0 Å². The Bertz CT molecular complexity index is 294. The summed E-state index contributed by atoms with van der Waals surface area (Å²) in [6.45, 7) is 2.01. The van der Waals surface area contributed by atoms with E-state index in [0.29, 0.717) is 6.42 Å². The predicted molar refractivity (Wildman–Crippen MR) is 48.7 cm³/mol. The van der Waals surface area contributed by atoms with Gasteiger partial charge in [-0.05, 0) is 30.2 Å². The summed E-state index contributed by atoms with van der Waals surface area (Å²) in [4.78, 5) is 0. The Labute approximate surface area is 72.2 Å². The number of terminal acetylenes is 1. The van der Waals surface area contributed by atoms with Gasteiger partial charge in [-0.2, -0.15) is 0 Å². The van der Waals surface area contributed by atoms with Crippen LogP contribution < -0.4 is 0 Å². The molecule has 1 aromatic carbocycles. The molecule has 0 bridgehead atoms. The normalized spacial score (nSPS) is 9.18. The molecule has 0 saturated heterocycles. The first kappa shape index (κ1) is 8.17. The molecule has 0 atom stereocenters. The molecule has 0 aromatic heterocycles. The lowest BCUT2D eigenvalue weighted by Gasteiger charge is -2.00. The van der Waals surface area contributed by atoms with Gasteiger partial charge in [0.25, 0.3) is 0 Å². The van der Waals surface area contributed by atoms with E-state index in [1.165, 1.54) is 5.56 Å². The molecule has 1 rings (SSSR count). The van der Waals surface area contributed by atoms with Crippen LogP contribution in [0.5, 0.6) is 0 Å². The van der Waals surface area contributed by atoms with Gasteiger partial charge >= 0.3 is 0 Å². The summed E-state index contributed by atoms with van der Waals surface area (Å²) in [6, 6.07) is 5.76. The minimum Gasteiger partial charge on any atom is -0.120 e. The van der Waals surface area contributed by atoms with Crippen LogP contribution in [0.1, 0.15) is 11.1 Å². The van der Waals surface area contributed by atoms with Crippen LogP contribution in [0, 0.1) is 19.3 Å². The highest BCUT2D eigenvalue weighted by atomic mass is 35.5. The summed E-state index contributed by atoms with van der Waals surface area (Å²) < 4.78 is 0. The number of halogens is 1. The predicted octanol–water partition coefficient (Wildman–Crippen LogP) is 2.82. The maximum atomic E-state index is 5.77. The Morgan fingerprint density at radius 2 is 2.27 bits per heavy atom. The van der Waals surface area contributed by atoms with Gasteiger partial charge in [0.1, 0.15) is 0 Å². The molecule has 0 amide bonds. The zero-order valence-corrected chi connectivity index (χ0v) is 7.15. The van der Waals surface area contributed by atoms with Gasteiger partial charge in [-0.1, -0.05) is 17.7 Å². The Morgan fingerprint density at radius 3 is 2.82 bits per heavy atom. The van der Waals surface area contributed by atoms with Gasteiger partial charge in [-0.25, -0.2) is 0 Å². The van der Waals surface area contributed by atoms with Crippen molar-refractivity contribution >= 4 is 11.6 Å². The lowest BCUT2D eigenvalue weighted by Crippen LogP contribution is -1.85. The number of benzene rings is 1. The number of hydrogen-bond donors (Lipinski definition) is 0. The van der Waals surface area contributed by atoms with Crippen molar-refractivity contribution in [3.05, 3.63) is 34.3 Å². The maximum absolute atomic E-state index is 5.77. The minimum absolute atomic E-state index is 0.684. The maximum Gasteiger partial charge on any atom is 0.0408 e. The summed E-state index contributed by atoms with van der Waals surface area (Å²) in [5.74, 6) is 2.60. The zero-order valence-electron chi connectivity index (χ0n) is 6.39. The molecule has 1 aromatic rings. The second kappa shape index (κ2) is 3.46. The van der Waals surface area contributed by atoms with Crippen LogP contribution in [0.15, 0.2) is 18.2 Å². The highest BCUT2D eigenvalue weighted by Gasteiger charge is 1.95. The Kier molecular flexibility index (Phi) is 2.57. The molecule has 1 heteroatoms. The van der Waals surface area contributed by atoms with Gasteiger partial charge in [0.05, 0.1) is 0 Å². The fraction of sp³-hybridized carbons (Fsp3) is 0.200. The van der Waals surface area contributed by atoms with Gasteiger partial charge in [0, 0.05) is 11.4 Å². The van der Waals surface area contributed by atoms with Gasteiger partial charge in [-0.15, -0.1) is 12.3 Å². The Hall–Kier alpha value is -0.930. The van der Waals surface area contributed by atoms with E-state index in [4.69, 9.17) is 18.0 Å². The van der Waals surface area contributed by atoms with Crippen LogP contribution in [0.2, 0.25) is 5.02 Å². The number of hydrogen-bond acceptors (Lipinski definition) is 0. The van der Waals surface area contributed by atoms with Gasteiger partial charge < -0.3 is 0 Å². The van der Waals surface area contributed by atoms with E-state index in [-0.39, 0.29) is 0 Å². The molecular weight excluding hydrogens is 156 g/mol. The Balaban J connectivity index is 3.01. The van der Waals surface area contributed by atoms with E-state index in [0.717, 1.165) is 10.6 Å².